The van der Waals surface area contributed by atoms with Gasteiger partial charge in [0.25, 0.3) is 5.69 Å². The predicted octanol–water partition coefficient (Wildman–Crippen LogP) is 1.40. The molecule has 0 fully saturated rings. The lowest BCUT2D eigenvalue weighted by atomic mass is 10.1. The highest BCUT2D eigenvalue weighted by Gasteiger charge is 2.22. The first-order valence-corrected chi connectivity index (χ1v) is 8.72. The summed E-state index contributed by atoms with van der Waals surface area (Å²) in [6.07, 6.45) is 1.14. The van der Waals surface area contributed by atoms with Gasteiger partial charge in [-0.1, -0.05) is 17.7 Å². The maximum atomic E-state index is 12.0. The number of rotatable bonds is 3. The Morgan fingerprint density at radius 2 is 1.65 bits per heavy atom. The smallest absolute Gasteiger partial charge is 0.270 e. The highest BCUT2D eigenvalue weighted by Crippen LogP contribution is 2.24. The molecule has 0 radical (unpaired) electrons. The van der Waals surface area contributed by atoms with Gasteiger partial charge in [-0.2, -0.15) is 0 Å². The van der Waals surface area contributed by atoms with Crippen molar-refractivity contribution in [3.8, 4) is 22.9 Å². The molecule has 0 bridgehead atoms. The van der Waals surface area contributed by atoms with E-state index in [1.54, 1.807) is 12.1 Å². The lowest BCUT2D eigenvalue weighted by Gasteiger charge is -2.00. The highest BCUT2D eigenvalue weighted by molar-refractivity contribution is 7.90. The van der Waals surface area contributed by atoms with Crippen LogP contribution in [-0.4, -0.2) is 19.9 Å². The summed E-state index contributed by atoms with van der Waals surface area (Å²) in [6, 6.07) is 13.5. The van der Waals surface area contributed by atoms with Crippen LogP contribution in [0.2, 0.25) is 0 Å². The van der Waals surface area contributed by atoms with Crippen molar-refractivity contribution >= 4 is 9.84 Å². The molecule has 1 heterocycles. The molecule has 3 rings (SSSR count). The molecule has 0 aliphatic heterocycles. The van der Waals surface area contributed by atoms with Gasteiger partial charge in [0.2, 0.25) is 5.69 Å². The van der Waals surface area contributed by atoms with Gasteiger partial charge in [0.15, 0.2) is 15.8 Å². The summed E-state index contributed by atoms with van der Waals surface area (Å²) in [7, 11) is -3.28. The van der Waals surface area contributed by atoms with Crippen molar-refractivity contribution in [2.75, 3.05) is 6.26 Å². The van der Waals surface area contributed by atoms with Crippen molar-refractivity contribution in [3.63, 3.8) is 0 Å². The number of hydrogen-bond donors (Lipinski definition) is 0. The van der Waals surface area contributed by atoms with Crippen LogP contribution in [0.5, 0.6) is 5.95 Å². The second kappa shape index (κ2) is 5.51. The first-order valence-electron chi connectivity index (χ1n) is 6.83. The van der Waals surface area contributed by atoms with Crippen molar-refractivity contribution in [3.05, 3.63) is 54.1 Å². The molecule has 7 heteroatoms. The van der Waals surface area contributed by atoms with Crippen LogP contribution < -0.4 is 9.79 Å². The van der Waals surface area contributed by atoms with Crippen molar-refractivity contribution < 1.29 is 22.7 Å². The van der Waals surface area contributed by atoms with Gasteiger partial charge in [0.1, 0.15) is 0 Å². The van der Waals surface area contributed by atoms with E-state index >= 15 is 0 Å². The van der Waals surface area contributed by atoms with Crippen LogP contribution in [0.25, 0.3) is 16.9 Å². The van der Waals surface area contributed by atoms with E-state index in [1.807, 2.05) is 31.2 Å². The molecule has 0 spiro atoms. The van der Waals surface area contributed by atoms with E-state index in [1.165, 1.54) is 16.8 Å². The minimum absolute atomic E-state index is 0.199. The van der Waals surface area contributed by atoms with Crippen molar-refractivity contribution in [2.45, 2.75) is 11.8 Å². The van der Waals surface area contributed by atoms with Crippen LogP contribution >= 0.6 is 0 Å². The van der Waals surface area contributed by atoms with E-state index in [0.29, 0.717) is 11.3 Å². The van der Waals surface area contributed by atoms with E-state index in [4.69, 9.17) is 4.52 Å². The molecule has 3 aromatic rings. The minimum atomic E-state index is -3.28. The van der Waals surface area contributed by atoms with Gasteiger partial charge in [0, 0.05) is 18.4 Å². The zero-order valence-corrected chi connectivity index (χ0v) is 13.4. The Bertz CT molecular complexity index is 943. The maximum Gasteiger partial charge on any atom is 0.270 e. The van der Waals surface area contributed by atoms with Gasteiger partial charge in [-0.25, -0.2) is 8.42 Å². The van der Waals surface area contributed by atoms with Crippen LogP contribution in [0.4, 0.5) is 0 Å². The van der Waals surface area contributed by atoms with Gasteiger partial charge in [0.05, 0.1) is 15.7 Å². The van der Waals surface area contributed by atoms with Crippen molar-refractivity contribution in [1.82, 2.24) is 5.27 Å². The van der Waals surface area contributed by atoms with E-state index in [2.05, 4.69) is 5.27 Å². The van der Waals surface area contributed by atoms with Crippen LogP contribution in [0.15, 0.2) is 57.9 Å². The fourth-order valence-electron chi connectivity index (χ4n) is 2.21. The predicted molar refractivity (Wildman–Crippen MR) is 80.8 cm³/mol. The quantitative estimate of drug-likeness (QED) is 0.678. The summed E-state index contributed by atoms with van der Waals surface area (Å²) in [6.45, 7) is 1.95. The third kappa shape index (κ3) is 2.95. The summed E-state index contributed by atoms with van der Waals surface area (Å²) in [5.74, 6) is -0.555. The lowest BCUT2D eigenvalue weighted by molar-refractivity contribution is -0.660. The zero-order chi connectivity index (χ0) is 16.6. The summed E-state index contributed by atoms with van der Waals surface area (Å²) >= 11 is 0. The molecule has 0 saturated heterocycles. The molecule has 0 amide bonds. The van der Waals surface area contributed by atoms with Crippen LogP contribution in [-0.2, 0) is 9.84 Å². The summed E-state index contributed by atoms with van der Waals surface area (Å²) in [5.41, 5.74) is 2.58. The zero-order valence-electron chi connectivity index (χ0n) is 12.6. The van der Waals surface area contributed by atoms with Gasteiger partial charge in [-0.05, 0) is 35.9 Å². The molecule has 0 atom stereocenters. The number of benzene rings is 2. The first kappa shape index (κ1) is 15.2. The van der Waals surface area contributed by atoms with Crippen LogP contribution in [0, 0.1) is 6.92 Å². The van der Waals surface area contributed by atoms with Gasteiger partial charge in [-0.15, -0.1) is 0 Å². The highest BCUT2D eigenvalue weighted by atomic mass is 32.2. The Labute approximate surface area is 133 Å². The number of nitrogens with zero attached hydrogens (tertiary/aromatic N) is 2. The van der Waals surface area contributed by atoms with E-state index in [0.717, 1.165) is 11.8 Å². The summed E-state index contributed by atoms with van der Waals surface area (Å²) in [4.78, 5) is 0.199. The molecular formula is C16H14N2O4S. The number of hydrogen-bond acceptors (Lipinski definition) is 5. The molecule has 23 heavy (non-hydrogen) atoms. The third-order valence-corrected chi connectivity index (χ3v) is 4.57. The van der Waals surface area contributed by atoms with E-state index in [9.17, 15) is 13.5 Å². The van der Waals surface area contributed by atoms with Crippen molar-refractivity contribution in [1.29, 1.82) is 0 Å². The van der Waals surface area contributed by atoms with Gasteiger partial charge in [-0.3, -0.25) is 0 Å². The van der Waals surface area contributed by atoms with Crippen molar-refractivity contribution in [2.24, 2.45) is 0 Å². The fourth-order valence-corrected chi connectivity index (χ4v) is 2.84. The molecule has 0 unspecified atom stereocenters. The second-order valence-electron chi connectivity index (χ2n) is 5.25. The number of sulfone groups is 1. The number of aryl methyl sites for hydroxylation is 1. The molecule has 0 N–H and O–H groups in total. The average molecular weight is 330 g/mol. The molecule has 0 saturated carbocycles. The SMILES string of the molecule is Cc1ccc(-c2c([O-])on[n+]2-c2ccc(S(C)(=O)=O)cc2)cc1. The van der Waals surface area contributed by atoms with Crippen LogP contribution in [0.3, 0.4) is 0 Å². The average Bonchev–Trinajstić information content (AvgIpc) is 2.89. The molecule has 118 valence electrons. The Kier molecular flexibility index (Phi) is 3.65. The summed E-state index contributed by atoms with van der Waals surface area (Å²) < 4.78 is 29.2. The van der Waals surface area contributed by atoms with E-state index in [-0.39, 0.29) is 10.6 Å². The Morgan fingerprint density at radius 3 is 2.22 bits per heavy atom. The monoisotopic (exact) mass is 330 g/mol. The minimum Gasteiger partial charge on any atom is -0.539 e. The maximum absolute atomic E-state index is 12.0. The Balaban J connectivity index is 2.10. The number of aromatic nitrogens is 2. The molecule has 2 aromatic carbocycles. The second-order valence-corrected chi connectivity index (χ2v) is 7.27. The molecule has 0 aliphatic carbocycles. The fraction of sp³-hybridized carbons (Fsp3) is 0.125. The molecule has 6 nitrogen and oxygen atoms in total. The van der Waals surface area contributed by atoms with E-state index < -0.39 is 15.8 Å². The summed E-state index contributed by atoms with van der Waals surface area (Å²) in [5, 5.41) is 15.7. The third-order valence-electron chi connectivity index (χ3n) is 3.44. The topological polar surface area (TPSA) is 87.1 Å². The Morgan fingerprint density at radius 1 is 1.04 bits per heavy atom. The van der Waals surface area contributed by atoms with Gasteiger partial charge >= 0.3 is 0 Å². The Hall–Kier alpha value is -2.67. The molecule has 0 aliphatic rings. The van der Waals surface area contributed by atoms with Gasteiger partial charge < -0.3 is 9.63 Å². The first-order chi connectivity index (χ1) is 10.9. The standard InChI is InChI=1S/C16H14N2O4S/c1-11-3-5-12(6-4-11)15-16(19)22-17-18(15)13-7-9-14(10-8-13)23(2,20)21/h3-10H,1-2H3. The molecular weight excluding hydrogens is 316 g/mol. The molecule has 1 aromatic heterocycles. The largest absolute Gasteiger partial charge is 0.539 e. The van der Waals surface area contributed by atoms with Crippen LogP contribution in [0.1, 0.15) is 5.56 Å². The lowest BCUT2D eigenvalue weighted by Crippen LogP contribution is -2.34. The normalized spacial score (nSPS) is 11.6.